The summed E-state index contributed by atoms with van der Waals surface area (Å²) in [4.78, 5) is 17.8. The van der Waals surface area contributed by atoms with Crippen LogP contribution in [0.2, 0.25) is 0 Å². The Labute approximate surface area is 288 Å². The number of ether oxygens (including phenoxy) is 1. The first kappa shape index (κ1) is 41.8. The fraction of sp³-hybridized carbons (Fsp3) is 1.00. The monoisotopic (exact) mass is 652 g/mol. The third-order valence-electron chi connectivity index (χ3n) is 11.0. The van der Waals surface area contributed by atoms with Gasteiger partial charge in [-0.25, -0.2) is 0 Å². The predicted octanol–water partition coefficient (Wildman–Crippen LogP) is 5.14. The molecule has 0 radical (unpaired) electrons. The lowest BCUT2D eigenvalue weighted by molar-refractivity contribution is -0.00175. The molecule has 0 aliphatic carbocycles. The second-order valence-electron chi connectivity index (χ2n) is 15.9. The molecule has 5 aliphatic heterocycles. The van der Waals surface area contributed by atoms with Crippen molar-refractivity contribution in [3.05, 3.63) is 0 Å². The highest BCUT2D eigenvalue weighted by Crippen LogP contribution is 2.19. The SMILES string of the molecule is CC(C)N1CCC(N2CCOCC2)CC1.CC(C)N1CCCCC1.CC(C)N1CCN(C(C)C)CC1.CC(C)N1CCN(C)CC1. The van der Waals surface area contributed by atoms with Crippen LogP contribution < -0.4 is 0 Å². The zero-order chi connectivity index (χ0) is 34.1. The van der Waals surface area contributed by atoms with E-state index in [0.29, 0.717) is 0 Å². The fourth-order valence-electron chi connectivity index (χ4n) is 7.25. The second-order valence-corrected chi connectivity index (χ2v) is 15.9. The van der Waals surface area contributed by atoms with E-state index in [9.17, 15) is 0 Å². The van der Waals surface area contributed by atoms with Gasteiger partial charge < -0.3 is 19.4 Å². The molecule has 0 unspecified atom stereocenters. The molecule has 0 amide bonds. The minimum atomic E-state index is 0.718. The van der Waals surface area contributed by atoms with Crippen LogP contribution in [-0.2, 0) is 4.74 Å². The summed E-state index contributed by atoms with van der Waals surface area (Å²) >= 11 is 0. The lowest BCUT2D eigenvalue weighted by Crippen LogP contribution is -2.50. The van der Waals surface area contributed by atoms with Gasteiger partial charge in [0.05, 0.1) is 13.2 Å². The Kier molecular flexibility index (Phi) is 21.1. The number of rotatable bonds is 6. The minimum Gasteiger partial charge on any atom is -0.379 e. The summed E-state index contributed by atoms with van der Waals surface area (Å²) in [5.74, 6) is 0. The first-order chi connectivity index (χ1) is 21.9. The van der Waals surface area contributed by atoms with Gasteiger partial charge in [0.15, 0.2) is 0 Å². The van der Waals surface area contributed by atoms with Crippen LogP contribution in [0.3, 0.4) is 0 Å². The van der Waals surface area contributed by atoms with E-state index in [2.05, 4.69) is 111 Å². The van der Waals surface area contributed by atoms with Crippen molar-refractivity contribution in [1.82, 2.24) is 34.3 Å². The minimum absolute atomic E-state index is 0.718. The number of likely N-dealkylation sites (N-methyl/N-ethyl adjacent to an activating group) is 1. The highest BCUT2D eigenvalue weighted by atomic mass is 16.5. The number of morpholine rings is 1. The smallest absolute Gasteiger partial charge is 0.0594 e. The van der Waals surface area contributed by atoms with Crippen molar-refractivity contribution in [3.8, 4) is 0 Å². The predicted molar refractivity (Wildman–Crippen MR) is 200 cm³/mol. The van der Waals surface area contributed by atoms with Crippen molar-refractivity contribution in [1.29, 1.82) is 0 Å². The van der Waals surface area contributed by atoms with E-state index in [1.54, 1.807) is 0 Å². The number of piperidine rings is 2. The standard InChI is InChI=1S/C12H24N2O.C10H22N2.C8H18N2.C8H17N/c1-11(2)13-5-3-12(4-6-13)14-7-9-15-10-8-14;1-9(2)11-5-7-12(8-6-11)10(3)4;1-8(2)10-6-4-9(3)5-7-10;1-8(2)9-6-4-3-5-7-9/h11-12H,3-10H2,1-2H3;9-10H,5-8H2,1-4H3;8H,4-7H2,1-3H3;8H,3-7H2,1-2H3. The average molecular weight is 652 g/mol. The van der Waals surface area contributed by atoms with Crippen LogP contribution in [0.4, 0.5) is 0 Å². The van der Waals surface area contributed by atoms with Gasteiger partial charge in [0.2, 0.25) is 0 Å². The van der Waals surface area contributed by atoms with Gasteiger partial charge in [-0.2, -0.15) is 0 Å². The molecule has 0 bridgehead atoms. The van der Waals surface area contributed by atoms with Gasteiger partial charge >= 0.3 is 0 Å². The van der Waals surface area contributed by atoms with Crippen LogP contribution in [0.15, 0.2) is 0 Å². The molecule has 0 aromatic rings. The van der Waals surface area contributed by atoms with E-state index in [-0.39, 0.29) is 0 Å². The van der Waals surface area contributed by atoms with Crippen LogP contribution >= 0.6 is 0 Å². The quantitative estimate of drug-likeness (QED) is 0.391. The second kappa shape index (κ2) is 23.2. The molecule has 46 heavy (non-hydrogen) atoms. The molecule has 274 valence electrons. The molecule has 8 heteroatoms. The maximum Gasteiger partial charge on any atom is 0.0594 e. The van der Waals surface area contributed by atoms with Crippen LogP contribution in [0.25, 0.3) is 0 Å². The Hall–Kier alpha value is -0.320. The van der Waals surface area contributed by atoms with E-state index >= 15 is 0 Å². The topological polar surface area (TPSA) is 31.9 Å². The molecule has 0 aromatic carbocycles. The number of hydrogen-bond acceptors (Lipinski definition) is 8. The molecule has 5 rings (SSSR count). The van der Waals surface area contributed by atoms with Gasteiger partial charge in [0, 0.05) is 102 Å². The van der Waals surface area contributed by atoms with E-state index in [1.165, 1.54) is 111 Å². The van der Waals surface area contributed by atoms with Crippen molar-refractivity contribution in [3.63, 3.8) is 0 Å². The third-order valence-corrected chi connectivity index (χ3v) is 11.0. The molecule has 5 fully saturated rings. The summed E-state index contributed by atoms with van der Waals surface area (Å²) in [6, 6.07) is 4.48. The molecule has 0 atom stereocenters. The van der Waals surface area contributed by atoms with E-state index in [4.69, 9.17) is 4.74 Å². The Morgan fingerprint density at radius 1 is 0.391 bits per heavy atom. The van der Waals surface area contributed by atoms with Gasteiger partial charge in [-0.05, 0) is 128 Å². The number of hydrogen-bond donors (Lipinski definition) is 0. The summed E-state index contributed by atoms with van der Waals surface area (Å²) in [5, 5.41) is 0. The highest BCUT2D eigenvalue weighted by Gasteiger charge is 2.26. The largest absolute Gasteiger partial charge is 0.379 e. The van der Waals surface area contributed by atoms with E-state index < -0.39 is 0 Å². The molecule has 0 spiro atoms. The van der Waals surface area contributed by atoms with E-state index in [0.717, 1.165) is 62.6 Å². The molecule has 0 aromatic heterocycles. The molecular formula is C38H81N7O. The maximum absolute atomic E-state index is 5.40. The van der Waals surface area contributed by atoms with Crippen molar-refractivity contribution >= 4 is 0 Å². The molecule has 5 heterocycles. The fourth-order valence-corrected chi connectivity index (χ4v) is 7.25. The normalized spacial score (nSPS) is 24.5. The first-order valence-corrected chi connectivity index (χ1v) is 19.6. The van der Waals surface area contributed by atoms with Crippen molar-refractivity contribution in [2.75, 3.05) is 112 Å². The zero-order valence-corrected chi connectivity index (χ0v) is 32.9. The highest BCUT2D eigenvalue weighted by molar-refractivity contribution is 4.82. The summed E-state index contributed by atoms with van der Waals surface area (Å²) in [6.07, 6.45) is 6.97. The van der Waals surface area contributed by atoms with Gasteiger partial charge in [-0.3, -0.25) is 19.6 Å². The van der Waals surface area contributed by atoms with Gasteiger partial charge in [0.25, 0.3) is 0 Å². The number of piperazine rings is 2. The Morgan fingerprint density at radius 3 is 1.07 bits per heavy atom. The first-order valence-electron chi connectivity index (χ1n) is 19.6. The average Bonchev–Trinajstić information content (AvgIpc) is 3.06. The van der Waals surface area contributed by atoms with Gasteiger partial charge in [-0.1, -0.05) is 6.42 Å². The zero-order valence-electron chi connectivity index (χ0n) is 32.9. The van der Waals surface area contributed by atoms with Crippen LogP contribution in [0, 0.1) is 0 Å². The van der Waals surface area contributed by atoms with Gasteiger partial charge in [0.1, 0.15) is 0 Å². The van der Waals surface area contributed by atoms with Crippen molar-refractivity contribution in [2.24, 2.45) is 0 Å². The Balaban J connectivity index is 0.000000218. The van der Waals surface area contributed by atoms with Crippen LogP contribution in [0.1, 0.15) is 101 Å². The van der Waals surface area contributed by atoms with E-state index in [1.807, 2.05) is 0 Å². The summed E-state index contributed by atoms with van der Waals surface area (Å²) < 4.78 is 5.40. The lowest BCUT2D eigenvalue weighted by atomic mass is 10.0. The lowest BCUT2D eigenvalue weighted by Gasteiger charge is -2.41. The molecule has 5 aliphatic rings. The molecule has 8 nitrogen and oxygen atoms in total. The third kappa shape index (κ3) is 16.4. The number of likely N-dealkylation sites (tertiary alicyclic amines) is 2. The molecule has 0 N–H and O–H groups in total. The molecular weight excluding hydrogens is 570 g/mol. The Bertz CT molecular complexity index is 697. The summed E-state index contributed by atoms with van der Waals surface area (Å²) in [6.45, 7) is 42.2. The van der Waals surface area contributed by atoms with Crippen LogP contribution in [-0.4, -0.2) is 182 Å². The maximum atomic E-state index is 5.40. The Morgan fingerprint density at radius 2 is 0.717 bits per heavy atom. The number of nitrogens with zero attached hydrogens (tertiary/aromatic N) is 7. The van der Waals surface area contributed by atoms with Crippen molar-refractivity contribution < 1.29 is 4.74 Å². The molecule has 0 saturated carbocycles. The summed E-state index contributed by atoms with van der Waals surface area (Å²) in [7, 11) is 2.19. The van der Waals surface area contributed by atoms with Crippen LogP contribution in [0.5, 0.6) is 0 Å². The summed E-state index contributed by atoms with van der Waals surface area (Å²) in [5.41, 5.74) is 0. The van der Waals surface area contributed by atoms with Crippen molar-refractivity contribution in [2.45, 2.75) is 138 Å². The molecule has 5 saturated heterocycles. The van der Waals surface area contributed by atoms with Gasteiger partial charge in [-0.15, -0.1) is 0 Å².